The van der Waals surface area contributed by atoms with Gasteiger partial charge in [-0.3, -0.25) is 5.32 Å². The molecule has 0 atom stereocenters. The number of nitriles is 1. The van der Waals surface area contributed by atoms with Crippen molar-refractivity contribution in [3.05, 3.63) is 28.7 Å². The normalized spacial score (nSPS) is 21.1. The predicted octanol–water partition coefficient (Wildman–Crippen LogP) is 3.70. The highest BCUT2D eigenvalue weighted by molar-refractivity contribution is 9.10. The molecule has 24 heavy (non-hydrogen) atoms. The van der Waals surface area contributed by atoms with Gasteiger partial charge < -0.3 is 10.5 Å². The van der Waals surface area contributed by atoms with E-state index in [0.717, 1.165) is 10.2 Å². The summed E-state index contributed by atoms with van der Waals surface area (Å²) in [7, 11) is 0. The van der Waals surface area contributed by atoms with Crippen molar-refractivity contribution in [1.29, 1.82) is 5.26 Å². The topological polar surface area (TPSA) is 83.7 Å². The molecule has 130 valence electrons. The number of aliphatic imine (C=N–C) groups is 1. The number of nitrogens with zero attached hydrogens (tertiary/aromatic N) is 3. The van der Waals surface area contributed by atoms with Crippen molar-refractivity contribution in [3.63, 3.8) is 0 Å². The molecule has 0 radical (unpaired) electrons. The molecule has 1 fully saturated rings. The molecule has 1 aromatic carbocycles. The molecule has 1 aliphatic heterocycles. The third-order valence-electron chi connectivity index (χ3n) is 4.21. The Morgan fingerprint density at radius 3 is 2.29 bits per heavy atom. The van der Waals surface area contributed by atoms with E-state index in [9.17, 15) is 5.21 Å². The third-order valence-corrected chi connectivity index (χ3v) is 4.74. The molecule has 1 heterocycles. The monoisotopic (exact) mass is 393 g/mol. The van der Waals surface area contributed by atoms with Crippen molar-refractivity contribution in [2.24, 2.45) is 4.99 Å². The van der Waals surface area contributed by atoms with Gasteiger partial charge in [-0.15, -0.1) is 0 Å². The summed E-state index contributed by atoms with van der Waals surface area (Å²) in [5.41, 5.74) is 0.0779. The fourth-order valence-electron chi connectivity index (χ4n) is 3.31. The molecule has 1 aliphatic rings. The minimum absolute atomic E-state index is 0.00259. The number of halogens is 1. The standard InChI is InChI=1S/C17H24BrN5O/c1-16(2)9-14(10-17(3,4)23(16)24)22-15(20-11-19)21-13-7-5-12(18)6-8-13/h5-8,14,24H,9-10H2,1-4H3,(H2,20,21,22). The van der Waals surface area contributed by atoms with Crippen LogP contribution < -0.4 is 10.6 Å². The van der Waals surface area contributed by atoms with Crippen LogP contribution in [0.2, 0.25) is 0 Å². The van der Waals surface area contributed by atoms with Gasteiger partial charge in [0, 0.05) is 21.2 Å². The molecule has 0 bridgehead atoms. The summed E-state index contributed by atoms with van der Waals surface area (Å²) >= 11 is 3.40. The quantitative estimate of drug-likeness (QED) is 0.308. The van der Waals surface area contributed by atoms with E-state index in [-0.39, 0.29) is 17.1 Å². The van der Waals surface area contributed by atoms with Crippen LogP contribution in [-0.4, -0.2) is 33.3 Å². The van der Waals surface area contributed by atoms with Gasteiger partial charge in [0.25, 0.3) is 0 Å². The Kier molecular flexibility index (Phi) is 5.53. The third kappa shape index (κ3) is 4.47. The average Bonchev–Trinajstić information content (AvgIpc) is 2.47. The summed E-state index contributed by atoms with van der Waals surface area (Å²) < 4.78 is 0.985. The molecular formula is C17H24BrN5O. The highest BCUT2D eigenvalue weighted by Crippen LogP contribution is 2.37. The van der Waals surface area contributed by atoms with Crippen molar-refractivity contribution in [1.82, 2.24) is 10.4 Å². The maximum Gasteiger partial charge on any atom is 0.209 e. The van der Waals surface area contributed by atoms with Gasteiger partial charge in [-0.1, -0.05) is 15.9 Å². The Bertz CT molecular complexity index is 630. The average molecular weight is 394 g/mol. The molecule has 6 nitrogen and oxygen atoms in total. The molecule has 0 saturated carbocycles. The van der Waals surface area contributed by atoms with Crippen molar-refractivity contribution < 1.29 is 5.21 Å². The number of anilines is 1. The molecule has 2 rings (SSSR count). The Morgan fingerprint density at radius 2 is 1.79 bits per heavy atom. The highest BCUT2D eigenvalue weighted by Gasteiger charge is 2.45. The maximum atomic E-state index is 10.4. The number of rotatable bonds is 2. The first-order chi connectivity index (χ1) is 11.1. The van der Waals surface area contributed by atoms with E-state index in [2.05, 4.69) is 26.6 Å². The Morgan fingerprint density at radius 1 is 1.25 bits per heavy atom. The van der Waals surface area contributed by atoms with Crippen molar-refractivity contribution in [2.45, 2.75) is 57.7 Å². The second-order valence-electron chi connectivity index (χ2n) is 7.35. The molecule has 1 saturated heterocycles. The molecular weight excluding hydrogens is 370 g/mol. The molecule has 7 heteroatoms. The second kappa shape index (κ2) is 7.09. The zero-order valence-corrected chi connectivity index (χ0v) is 16.1. The van der Waals surface area contributed by atoms with Crippen molar-refractivity contribution in [3.8, 4) is 6.19 Å². The first-order valence-electron chi connectivity index (χ1n) is 7.89. The van der Waals surface area contributed by atoms with E-state index >= 15 is 0 Å². The van der Waals surface area contributed by atoms with Crippen LogP contribution in [-0.2, 0) is 0 Å². The van der Waals surface area contributed by atoms with Gasteiger partial charge in [0.05, 0.1) is 6.04 Å². The number of hydrogen-bond acceptors (Lipinski definition) is 4. The van der Waals surface area contributed by atoms with Crippen LogP contribution in [0.5, 0.6) is 0 Å². The summed E-state index contributed by atoms with van der Waals surface area (Å²) in [5, 5.41) is 26.6. The van der Waals surface area contributed by atoms with Crippen LogP contribution in [0.25, 0.3) is 0 Å². The van der Waals surface area contributed by atoms with Crippen LogP contribution >= 0.6 is 15.9 Å². The van der Waals surface area contributed by atoms with E-state index in [0.29, 0.717) is 18.8 Å². The summed E-state index contributed by atoms with van der Waals surface area (Å²) in [5.74, 6) is 0.419. The largest absolute Gasteiger partial charge is 0.326 e. The lowest BCUT2D eigenvalue weighted by Crippen LogP contribution is -2.60. The van der Waals surface area contributed by atoms with Gasteiger partial charge in [-0.25, -0.2) is 4.99 Å². The smallest absolute Gasteiger partial charge is 0.209 e. The fourth-order valence-corrected chi connectivity index (χ4v) is 3.57. The Balaban J connectivity index is 2.20. The summed E-state index contributed by atoms with van der Waals surface area (Å²) in [6.07, 6.45) is 3.33. The first kappa shape index (κ1) is 18.7. The van der Waals surface area contributed by atoms with E-state index in [1.54, 1.807) is 0 Å². The molecule has 0 amide bonds. The van der Waals surface area contributed by atoms with Crippen LogP contribution in [0, 0.1) is 11.5 Å². The number of nitrogens with one attached hydrogen (secondary N) is 2. The second-order valence-corrected chi connectivity index (χ2v) is 8.26. The van der Waals surface area contributed by atoms with E-state index in [1.807, 2.05) is 58.2 Å². The van der Waals surface area contributed by atoms with Crippen molar-refractivity contribution in [2.75, 3.05) is 5.32 Å². The van der Waals surface area contributed by atoms with Gasteiger partial charge in [-0.05, 0) is 64.8 Å². The molecule has 1 aromatic rings. The van der Waals surface area contributed by atoms with Gasteiger partial charge in [-0.2, -0.15) is 10.3 Å². The number of hydrogen-bond donors (Lipinski definition) is 3. The predicted molar refractivity (Wildman–Crippen MR) is 98.8 cm³/mol. The lowest BCUT2D eigenvalue weighted by atomic mass is 9.79. The zero-order valence-electron chi connectivity index (χ0n) is 14.5. The highest BCUT2D eigenvalue weighted by atomic mass is 79.9. The SMILES string of the molecule is CC1(C)CC(N=C(NC#N)Nc2ccc(Br)cc2)CC(C)(C)N1O. The first-order valence-corrected chi connectivity index (χ1v) is 8.68. The lowest BCUT2D eigenvalue weighted by molar-refractivity contribution is -0.244. The number of benzene rings is 1. The van der Waals surface area contributed by atoms with Crippen LogP contribution in [0.4, 0.5) is 5.69 Å². The van der Waals surface area contributed by atoms with Gasteiger partial charge >= 0.3 is 0 Å². The Hall–Kier alpha value is -1.62. The summed E-state index contributed by atoms with van der Waals surface area (Å²) in [6, 6.07) is 7.65. The Labute approximate surface area is 151 Å². The van der Waals surface area contributed by atoms with E-state index in [4.69, 9.17) is 10.3 Å². The summed E-state index contributed by atoms with van der Waals surface area (Å²) in [6.45, 7) is 7.98. The molecule has 0 spiro atoms. The van der Waals surface area contributed by atoms with E-state index in [1.165, 1.54) is 5.06 Å². The number of piperidine rings is 1. The molecule has 0 aromatic heterocycles. The summed E-state index contributed by atoms with van der Waals surface area (Å²) in [4.78, 5) is 4.69. The minimum Gasteiger partial charge on any atom is -0.326 e. The lowest BCUT2D eigenvalue weighted by Gasteiger charge is -2.50. The van der Waals surface area contributed by atoms with Crippen molar-refractivity contribution >= 4 is 27.6 Å². The van der Waals surface area contributed by atoms with E-state index < -0.39 is 0 Å². The molecule has 3 N–H and O–H groups in total. The minimum atomic E-state index is -0.384. The molecule has 0 unspecified atom stereocenters. The van der Waals surface area contributed by atoms with Gasteiger partial charge in [0.2, 0.25) is 5.96 Å². The van der Waals surface area contributed by atoms with Gasteiger partial charge in [0.15, 0.2) is 6.19 Å². The van der Waals surface area contributed by atoms with Crippen LogP contribution in [0.1, 0.15) is 40.5 Å². The maximum absolute atomic E-state index is 10.4. The number of guanidine groups is 1. The fraction of sp³-hybridized carbons (Fsp3) is 0.529. The zero-order chi connectivity index (χ0) is 18.0. The van der Waals surface area contributed by atoms with Gasteiger partial charge in [0.1, 0.15) is 0 Å². The van der Waals surface area contributed by atoms with Crippen LogP contribution in [0.3, 0.4) is 0 Å². The number of hydroxylamine groups is 2. The van der Waals surface area contributed by atoms with Crippen LogP contribution in [0.15, 0.2) is 33.7 Å². The molecule has 0 aliphatic carbocycles.